The number of aromatic amines is 1. The highest BCUT2D eigenvalue weighted by Crippen LogP contribution is 2.16. The van der Waals surface area contributed by atoms with Gasteiger partial charge in [0.05, 0.1) is 23.4 Å². The van der Waals surface area contributed by atoms with Gasteiger partial charge in [-0.05, 0) is 12.5 Å². The largest absolute Gasteiger partial charge is 0.356 e. The molecule has 0 atom stereocenters. The van der Waals surface area contributed by atoms with E-state index in [4.69, 9.17) is 0 Å². The minimum absolute atomic E-state index is 0. The van der Waals surface area contributed by atoms with E-state index in [1.807, 2.05) is 37.6 Å². The molecule has 2 N–H and O–H groups in total. The molecule has 6 nitrogen and oxygen atoms in total. The summed E-state index contributed by atoms with van der Waals surface area (Å²) in [5.41, 5.74) is 2.16. The van der Waals surface area contributed by atoms with Crippen molar-refractivity contribution >= 4 is 41.3 Å². The predicted molar refractivity (Wildman–Crippen MR) is 123 cm³/mol. The van der Waals surface area contributed by atoms with Gasteiger partial charge in [0.15, 0.2) is 5.96 Å². The fourth-order valence-electron chi connectivity index (χ4n) is 2.69. The zero-order valence-corrected chi connectivity index (χ0v) is 18.9. The number of aromatic nitrogens is 3. The Morgan fingerprint density at radius 2 is 2.00 bits per heavy atom. The summed E-state index contributed by atoms with van der Waals surface area (Å²) in [7, 11) is 3.80. The van der Waals surface area contributed by atoms with Crippen molar-refractivity contribution in [2.75, 3.05) is 20.6 Å². The van der Waals surface area contributed by atoms with Crippen molar-refractivity contribution in [3.63, 3.8) is 0 Å². The molecule has 0 unspecified atom stereocenters. The number of aliphatic imine (C=N–C) groups is 1. The Balaban J connectivity index is 0.00000261. The average Bonchev–Trinajstić information content (AvgIpc) is 3.28. The molecule has 0 aliphatic rings. The van der Waals surface area contributed by atoms with E-state index in [-0.39, 0.29) is 24.0 Å². The number of H-pyrrole nitrogens is 1. The van der Waals surface area contributed by atoms with Gasteiger partial charge in [-0.3, -0.25) is 4.99 Å². The van der Waals surface area contributed by atoms with Crippen LogP contribution in [0.4, 0.5) is 0 Å². The molecule has 3 rings (SSSR count). The third-order valence-corrected chi connectivity index (χ3v) is 4.94. The third-order valence-electron chi connectivity index (χ3n) is 3.96. The lowest BCUT2D eigenvalue weighted by Gasteiger charge is -2.20. The Kier molecular flexibility index (Phi) is 8.23. The second-order valence-corrected chi connectivity index (χ2v) is 7.37. The van der Waals surface area contributed by atoms with E-state index in [1.165, 1.54) is 4.88 Å². The number of nitrogens with zero attached hydrogens (tertiary/aromatic N) is 4. The first-order valence-electron chi connectivity index (χ1n) is 8.58. The quantitative estimate of drug-likeness (QED) is 0.310. The summed E-state index contributed by atoms with van der Waals surface area (Å²) in [5, 5.41) is 4.53. The normalized spacial score (nSPS) is 11.1. The molecule has 0 aliphatic carbocycles. The first-order valence-corrected chi connectivity index (χ1v) is 9.39. The summed E-state index contributed by atoms with van der Waals surface area (Å²) >= 11 is 1.74. The standard InChI is InChI=1S/C19H24N6S.HI/c1-14-11-23-18(26-14)9-10-21-19(20-2)25(3)13-17-22-12-16(24-17)15-7-5-4-6-8-15;/h4-8,11-12H,9-10,13H2,1-3H3,(H,20,21)(H,22,24);1H. The van der Waals surface area contributed by atoms with E-state index >= 15 is 0 Å². The monoisotopic (exact) mass is 496 g/mol. The molecule has 2 aromatic heterocycles. The van der Waals surface area contributed by atoms with Crippen LogP contribution in [0, 0.1) is 6.92 Å². The number of nitrogens with one attached hydrogen (secondary N) is 2. The first kappa shape index (κ1) is 21.4. The average molecular weight is 496 g/mol. The summed E-state index contributed by atoms with van der Waals surface area (Å²) in [6.07, 6.45) is 4.69. The number of hydrogen-bond donors (Lipinski definition) is 2. The van der Waals surface area contributed by atoms with Gasteiger partial charge in [0.2, 0.25) is 0 Å². The highest BCUT2D eigenvalue weighted by atomic mass is 127. The number of aryl methyl sites for hydroxylation is 1. The summed E-state index contributed by atoms with van der Waals surface area (Å²) in [6, 6.07) is 10.2. The van der Waals surface area contributed by atoms with Crippen LogP contribution in [-0.2, 0) is 13.0 Å². The van der Waals surface area contributed by atoms with Gasteiger partial charge in [-0.2, -0.15) is 0 Å². The van der Waals surface area contributed by atoms with Crippen molar-refractivity contribution in [3.05, 3.63) is 58.4 Å². The van der Waals surface area contributed by atoms with Gasteiger partial charge in [0.1, 0.15) is 5.82 Å². The summed E-state index contributed by atoms with van der Waals surface area (Å²) in [6.45, 7) is 3.54. The van der Waals surface area contributed by atoms with Crippen molar-refractivity contribution < 1.29 is 0 Å². The molecule has 3 aromatic rings. The van der Waals surface area contributed by atoms with Crippen LogP contribution in [0.5, 0.6) is 0 Å². The third kappa shape index (κ3) is 6.03. The molecule has 8 heteroatoms. The number of thiazole rings is 1. The highest BCUT2D eigenvalue weighted by Gasteiger charge is 2.10. The molecule has 27 heavy (non-hydrogen) atoms. The number of rotatable bonds is 6. The lowest BCUT2D eigenvalue weighted by Crippen LogP contribution is -2.39. The predicted octanol–water partition coefficient (Wildman–Crippen LogP) is 3.71. The molecule has 0 spiro atoms. The summed E-state index contributed by atoms with van der Waals surface area (Å²) in [5.74, 6) is 1.75. The van der Waals surface area contributed by atoms with Crippen LogP contribution in [0.15, 0.2) is 47.7 Å². The maximum absolute atomic E-state index is 4.49. The van der Waals surface area contributed by atoms with Crippen LogP contribution < -0.4 is 5.32 Å². The maximum Gasteiger partial charge on any atom is 0.193 e. The number of halogens is 1. The SMILES string of the molecule is CN=C(NCCc1ncc(C)s1)N(C)Cc1ncc(-c2ccccc2)[nH]1.I. The van der Waals surface area contributed by atoms with Crippen LogP contribution >= 0.6 is 35.3 Å². The molecule has 0 radical (unpaired) electrons. The zero-order chi connectivity index (χ0) is 18.4. The molecule has 2 heterocycles. The number of benzene rings is 1. The van der Waals surface area contributed by atoms with Gasteiger partial charge in [-0.1, -0.05) is 30.3 Å². The Labute approximate surface area is 181 Å². The Bertz CT molecular complexity index is 858. The van der Waals surface area contributed by atoms with E-state index in [9.17, 15) is 0 Å². The summed E-state index contributed by atoms with van der Waals surface area (Å²) < 4.78 is 0. The molecule has 1 aromatic carbocycles. The number of imidazole rings is 1. The van der Waals surface area contributed by atoms with E-state index in [0.29, 0.717) is 6.54 Å². The first-order chi connectivity index (χ1) is 12.7. The molecule has 0 bridgehead atoms. The second kappa shape index (κ2) is 10.4. The molecule has 0 saturated carbocycles. The fraction of sp³-hybridized carbons (Fsp3) is 0.316. The maximum atomic E-state index is 4.49. The Morgan fingerprint density at radius 3 is 2.67 bits per heavy atom. The van der Waals surface area contributed by atoms with E-state index < -0.39 is 0 Å². The fourth-order valence-corrected chi connectivity index (χ4v) is 3.48. The van der Waals surface area contributed by atoms with Gasteiger partial charge < -0.3 is 15.2 Å². The van der Waals surface area contributed by atoms with Crippen molar-refractivity contribution in [1.29, 1.82) is 0 Å². The molecule has 0 aliphatic heterocycles. The van der Waals surface area contributed by atoms with Gasteiger partial charge in [-0.25, -0.2) is 9.97 Å². The number of guanidine groups is 1. The second-order valence-electron chi connectivity index (χ2n) is 6.05. The van der Waals surface area contributed by atoms with Crippen molar-refractivity contribution in [2.24, 2.45) is 4.99 Å². The van der Waals surface area contributed by atoms with Crippen LogP contribution in [-0.4, -0.2) is 46.5 Å². The minimum Gasteiger partial charge on any atom is -0.356 e. The topological polar surface area (TPSA) is 69.2 Å². The molecule has 144 valence electrons. The highest BCUT2D eigenvalue weighted by molar-refractivity contribution is 14.0. The van der Waals surface area contributed by atoms with Gasteiger partial charge in [0, 0.05) is 38.1 Å². The van der Waals surface area contributed by atoms with E-state index in [0.717, 1.165) is 41.0 Å². The smallest absolute Gasteiger partial charge is 0.193 e. The Morgan fingerprint density at radius 1 is 1.22 bits per heavy atom. The molecular formula is C19H25IN6S. The lowest BCUT2D eigenvalue weighted by molar-refractivity contribution is 0.464. The van der Waals surface area contributed by atoms with Crippen molar-refractivity contribution in [2.45, 2.75) is 19.9 Å². The molecule has 0 fully saturated rings. The van der Waals surface area contributed by atoms with Crippen molar-refractivity contribution in [1.82, 2.24) is 25.2 Å². The van der Waals surface area contributed by atoms with Crippen LogP contribution in [0.25, 0.3) is 11.3 Å². The zero-order valence-electron chi connectivity index (χ0n) is 15.8. The van der Waals surface area contributed by atoms with E-state index in [1.54, 1.807) is 18.4 Å². The van der Waals surface area contributed by atoms with Gasteiger partial charge in [0.25, 0.3) is 0 Å². The Hall–Kier alpha value is -1.94. The molecular weight excluding hydrogens is 471 g/mol. The summed E-state index contributed by atoms with van der Waals surface area (Å²) in [4.78, 5) is 19.9. The lowest BCUT2D eigenvalue weighted by atomic mass is 10.2. The van der Waals surface area contributed by atoms with Crippen molar-refractivity contribution in [3.8, 4) is 11.3 Å². The van der Waals surface area contributed by atoms with Crippen LogP contribution in [0.1, 0.15) is 15.7 Å². The van der Waals surface area contributed by atoms with E-state index in [2.05, 4.69) is 49.2 Å². The minimum atomic E-state index is 0. The van der Waals surface area contributed by atoms with Gasteiger partial charge >= 0.3 is 0 Å². The molecule has 0 saturated heterocycles. The number of hydrogen-bond acceptors (Lipinski definition) is 4. The van der Waals surface area contributed by atoms with Gasteiger partial charge in [-0.15, -0.1) is 35.3 Å². The van der Waals surface area contributed by atoms with Crippen LogP contribution in [0.2, 0.25) is 0 Å². The molecule has 0 amide bonds. The van der Waals surface area contributed by atoms with Crippen LogP contribution in [0.3, 0.4) is 0 Å².